The highest BCUT2D eigenvalue weighted by atomic mass is 19.4. The molecule has 1 amide bonds. The molecule has 0 aliphatic heterocycles. The summed E-state index contributed by atoms with van der Waals surface area (Å²) in [7, 11) is 0. The number of nitrogens with zero attached hydrogens (tertiary/aromatic N) is 3. The van der Waals surface area contributed by atoms with Crippen LogP contribution in [-0.2, 0) is 12.7 Å². The molecule has 1 N–H and O–H groups in total. The first-order valence-corrected chi connectivity index (χ1v) is 10.8. The fourth-order valence-corrected chi connectivity index (χ4v) is 3.99. The summed E-state index contributed by atoms with van der Waals surface area (Å²) in [6.45, 7) is 2.09. The Morgan fingerprint density at radius 1 is 1.00 bits per heavy atom. The van der Waals surface area contributed by atoms with Crippen LogP contribution in [0, 0.1) is 6.92 Å². The number of halogens is 3. The standard InChI is InChI=1S/C26H19F3N4O2/c1-16-10-11-22-31-23-20(25(35)33(22)14-16)13-21(32(23)15-17-6-3-2-4-7-17)24(34)30-19-9-5-8-18(12-19)26(27,28)29/h2-14H,15H2,1H3,(H,30,34). The van der Waals surface area contributed by atoms with Crippen molar-refractivity contribution < 1.29 is 18.0 Å². The van der Waals surface area contributed by atoms with Gasteiger partial charge in [0.2, 0.25) is 0 Å². The van der Waals surface area contributed by atoms with Gasteiger partial charge in [-0.15, -0.1) is 0 Å². The van der Waals surface area contributed by atoms with Gasteiger partial charge in [-0.2, -0.15) is 13.2 Å². The molecule has 0 saturated carbocycles. The molecule has 0 bridgehead atoms. The second-order valence-electron chi connectivity index (χ2n) is 8.22. The van der Waals surface area contributed by atoms with E-state index in [4.69, 9.17) is 0 Å². The summed E-state index contributed by atoms with van der Waals surface area (Å²) in [5.41, 5.74) is 1.36. The Labute approximate surface area is 197 Å². The first kappa shape index (κ1) is 22.4. The Kier molecular flexibility index (Phi) is 5.39. The minimum Gasteiger partial charge on any atom is -0.321 e. The third kappa shape index (κ3) is 4.28. The summed E-state index contributed by atoms with van der Waals surface area (Å²) in [5.74, 6) is -0.650. The van der Waals surface area contributed by atoms with Crippen LogP contribution in [0.25, 0.3) is 16.7 Å². The van der Waals surface area contributed by atoms with Gasteiger partial charge in [0.15, 0.2) is 0 Å². The SMILES string of the molecule is Cc1ccc2nc3c(cc(C(=O)Nc4cccc(C(F)(F)F)c4)n3Cc3ccccc3)c(=O)n2c1. The Morgan fingerprint density at radius 3 is 2.51 bits per heavy atom. The summed E-state index contributed by atoms with van der Waals surface area (Å²) < 4.78 is 42.4. The number of carbonyl (C=O) groups is 1. The number of alkyl halides is 3. The first-order chi connectivity index (χ1) is 16.7. The number of pyridine rings is 1. The van der Waals surface area contributed by atoms with E-state index in [-0.39, 0.29) is 28.9 Å². The van der Waals surface area contributed by atoms with Crippen molar-refractivity contribution in [3.05, 3.63) is 112 Å². The highest BCUT2D eigenvalue weighted by Crippen LogP contribution is 2.31. The average Bonchev–Trinajstić information content (AvgIpc) is 3.18. The smallest absolute Gasteiger partial charge is 0.321 e. The van der Waals surface area contributed by atoms with E-state index in [1.54, 1.807) is 16.8 Å². The summed E-state index contributed by atoms with van der Waals surface area (Å²) in [6, 6.07) is 18.7. The van der Waals surface area contributed by atoms with Crippen LogP contribution in [-0.4, -0.2) is 19.9 Å². The van der Waals surface area contributed by atoms with Gasteiger partial charge in [-0.3, -0.25) is 14.0 Å². The fraction of sp³-hybridized carbons (Fsp3) is 0.115. The van der Waals surface area contributed by atoms with E-state index in [9.17, 15) is 22.8 Å². The van der Waals surface area contributed by atoms with Gasteiger partial charge >= 0.3 is 6.18 Å². The number of hydrogen-bond acceptors (Lipinski definition) is 3. The maximum absolute atomic E-state index is 13.3. The molecule has 6 nitrogen and oxygen atoms in total. The molecule has 9 heteroatoms. The number of hydrogen-bond donors (Lipinski definition) is 1. The quantitative estimate of drug-likeness (QED) is 0.384. The number of aromatic nitrogens is 3. The lowest BCUT2D eigenvalue weighted by atomic mass is 10.2. The average molecular weight is 476 g/mol. The van der Waals surface area contributed by atoms with Crippen LogP contribution in [0.3, 0.4) is 0 Å². The zero-order chi connectivity index (χ0) is 24.7. The maximum Gasteiger partial charge on any atom is 0.416 e. The molecule has 3 aromatic heterocycles. The van der Waals surface area contributed by atoms with Gasteiger partial charge in [-0.25, -0.2) is 4.98 Å². The normalized spacial score (nSPS) is 11.8. The third-order valence-corrected chi connectivity index (χ3v) is 5.68. The van der Waals surface area contributed by atoms with Crippen molar-refractivity contribution >= 4 is 28.3 Å². The van der Waals surface area contributed by atoms with Crippen molar-refractivity contribution in [1.82, 2.24) is 14.0 Å². The second kappa shape index (κ2) is 8.43. The van der Waals surface area contributed by atoms with Gasteiger partial charge in [-0.1, -0.05) is 42.5 Å². The summed E-state index contributed by atoms with van der Waals surface area (Å²) >= 11 is 0. The van der Waals surface area contributed by atoms with Crippen LogP contribution in [0.4, 0.5) is 18.9 Å². The molecule has 35 heavy (non-hydrogen) atoms. The molecule has 0 aliphatic carbocycles. The topological polar surface area (TPSA) is 68.4 Å². The number of rotatable bonds is 4. The second-order valence-corrected chi connectivity index (χ2v) is 8.22. The van der Waals surface area contributed by atoms with Crippen molar-refractivity contribution in [2.75, 3.05) is 5.32 Å². The maximum atomic E-state index is 13.3. The summed E-state index contributed by atoms with van der Waals surface area (Å²) in [5, 5.41) is 2.77. The third-order valence-electron chi connectivity index (χ3n) is 5.68. The van der Waals surface area contributed by atoms with E-state index in [2.05, 4.69) is 10.3 Å². The molecule has 176 valence electrons. The van der Waals surface area contributed by atoms with Crippen LogP contribution in [0.1, 0.15) is 27.2 Å². The molecule has 0 saturated heterocycles. The molecule has 0 radical (unpaired) electrons. The first-order valence-electron chi connectivity index (χ1n) is 10.8. The molecule has 5 aromatic rings. The van der Waals surface area contributed by atoms with Gasteiger partial charge in [0.1, 0.15) is 17.0 Å². The zero-order valence-electron chi connectivity index (χ0n) is 18.5. The summed E-state index contributed by atoms with van der Waals surface area (Å²) in [6.07, 6.45) is -2.87. The predicted octanol–water partition coefficient (Wildman–Crippen LogP) is 5.28. The van der Waals surface area contributed by atoms with Gasteiger partial charge < -0.3 is 9.88 Å². The number of fused-ring (bicyclic) bond motifs is 2. The highest BCUT2D eigenvalue weighted by molar-refractivity contribution is 6.06. The number of carbonyl (C=O) groups excluding carboxylic acids is 1. The van der Waals surface area contributed by atoms with Crippen molar-refractivity contribution in [1.29, 1.82) is 0 Å². The predicted molar refractivity (Wildman–Crippen MR) is 127 cm³/mol. The Balaban J connectivity index is 1.65. The van der Waals surface area contributed by atoms with Crippen LogP contribution in [0.15, 0.2) is 83.8 Å². The number of aryl methyl sites for hydroxylation is 1. The number of benzene rings is 2. The van der Waals surface area contributed by atoms with Crippen molar-refractivity contribution in [2.24, 2.45) is 0 Å². The van der Waals surface area contributed by atoms with E-state index < -0.39 is 17.6 Å². The molecule has 0 fully saturated rings. The monoisotopic (exact) mass is 476 g/mol. The van der Waals surface area contributed by atoms with E-state index in [1.165, 1.54) is 22.6 Å². The lowest BCUT2D eigenvalue weighted by Crippen LogP contribution is -2.18. The van der Waals surface area contributed by atoms with Crippen LogP contribution < -0.4 is 10.9 Å². The van der Waals surface area contributed by atoms with Crippen LogP contribution >= 0.6 is 0 Å². The van der Waals surface area contributed by atoms with Crippen LogP contribution in [0.2, 0.25) is 0 Å². The summed E-state index contributed by atoms with van der Waals surface area (Å²) in [4.78, 5) is 31.1. The molecule has 0 aliphatic rings. The lowest BCUT2D eigenvalue weighted by Gasteiger charge is -2.12. The minimum atomic E-state index is -4.54. The van der Waals surface area contributed by atoms with E-state index >= 15 is 0 Å². The molecule has 3 heterocycles. The van der Waals surface area contributed by atoms with Crippen molar-refractivity contribution in [2.45, 2.75) is 19.6 Å². The molecule has 5 rings (SSSR count). The van der Waals surface area contributed by atoms with Gasteiger partial charge in [0.05, 0.1) is 10.9 Å². The molecule has 0 spiro atoms. The molecule has 0 atom stereocenters. The van der Waals surface area contributed by atoms with Gasteiger partial charge in [0, 0.05) is 18.4 Å². The highest BCUT2D eigenvalue weighted by Gasteiger charge is 2.30. The van der Waals surface area contributed by atoms with E-state index in [0.29, 0.717) is 11.3 Å². The lowest BCUT2D eigenvalue weighted by molar-refractivity contribution is -0.137. The number of nitrogens with one attached hydrogen (secondary N) is 1. The Bertz CT molecular complexity index is 1640. The fourth-order valence-electron chi connectivity index (χ4n) is 3.99. The van der Waals surface area contributed by atoms with Gasteiger partial charge in [0.25, 0.3) is 11.5 Å². The number of anilines is 1. The van der Waals surface area contributed by atoms with Gasteiger partial charge in [-0.05, 0) is 48.4 Å². The molecular formula is C26H19F3N4O2. The Morgan fingerprint density at radius 2 is 1.77 bits per heavy atom. The number of amides is 1. The molecule has 0 unspecified atom stereocenters. The van der Waals surface area contributed by atoms with Crippen LogP contribution in [0.5, 0.6) is 0 Å². The van der Waals surface area contributed by atoms with Crippen molar-refractivity contribution in [3.63, 3.8) is 0 Å². The zero-order valence-corrected chi connectivity index (χ0v) is 18.5. The van der Waals surface area contributed by atoms with E-state index in [0.717, 1.165) is 23.3 Å². The minimum absolute atomic E-state index is 0.00758. The molecular weight excluding hydrogens is 457 g/mol. The largest absolute Gasteiger partial charge is 0.416 e. The van der Waals surface area contributed by atoms with E-state index in [1.807, 2.05) is 43.3 Å². The molecule has 2 aromatic carbocycles. The van der Waals surface area contributed by atoms with Crippen molar-refractivity contribution in [3.8, 4) is 0 Å². The Hall–Kier alpha value is -4.40.